The fraction of sp³-hybridized carbons (Fsp3) is 0.632. The average molecular weight is 329 g/mol. The first kappa shape index (κ1) is 17.1. The molecule has 24 heavy (non-hydrogen) atoms. The van der Waals surface area contributed by atoms with E-state index in [1.807, 2.05) is 0 Å². The number of guanidine groups is 1. The molecule has 5 heteroatoms. The molecule has 0 radical (unpaired) electrons. The van der Waals surface area contributed by atoms with Crippen LogP contribution in [0.2, 0.25) is 0 Å². The number of nitrogens with two attached hydrogens (primary N) is 1. The van der Waals surface area contributed by atoms with Crippen molar-refractivity contribution >= 4 is 11.6 Å². The largest absolute Gasteiger partial charge is 0.374 e. The average Bonchev–Trinajstić information content (AvgIpc) is 3.06. The highest BCUT2D eigenvalue weighted by Crippen LogP contribution is 2.26. The van der Waals surface area contributed by atoms with E-state index in [0.29, 0.717) is 18.5 Å². The van der Waals surface area contributed by atoms with Gasteiger partial charge in [-0.05, 0) is 56.0 Å². The molecule has 2 heterocycles. The maximum Gasteiger partial charge on any atom is 0.188 e. The number of aliphatic imine (C=N–C) groups is 1. The van der Waals surface area contributed by atoms with E-state index in [4.69, 9.17) is 5.73 Å². The predicted octanol–water partition coefficient (Wildman–Crippen LogP) is 1.96. The molecule has 1 aromatic carbocycles. The van der Waals surface area contributed by atoms with Gasteiger partial charge in [0.15, 0.2) is 5.96 Å². The second kappa shape index (κ2) is 7.88. The van der Waals surface area contributed by atoms with Gasteiger partial charge in [-0.15, -0.1) is 0 Å². The Labute approximate surface area is 145 Å². The Kier molecular flexibility index (Phi) is 5.61. The summed E-state index contributed by atoms with van der Waals surface area (Å²) in [6.45, 7) is 7.26. The lowest BCUT2D eigenvalue weighted by molar-refractivity contribution is 0.267. The van der Waals surface area contributed by atoms with E-state index in [0.717, 1.165) is 19.6 Å². The standard InChI is InChI=1S/C19H31N5/c1-3-24-11-5-7-17(24)14-22-19(20)21-13-15-8-9-18-16(12-15)6-4-10-23(18)2/h8-9,12,17H,3-7,10-11,13-14H2,1-2H3,(H3,20,21,22). The highest BCUT2D eigenvalue weighted by atomic mass is 15.2. The Balaban J connectivity index is 1.53. The first-order valence-corrected chi connectivity index (χ1v) is 9.28. The molecule has 0 bridgehead atoms. The third kappa shape index (κ3) is 4.01. The van der Waals surface area contributed by atoms with E-state index in [9.17, 15) is 0 Å². The third-order valence-corrected chi connectivity index (χ3v) is 5.35. The van der Waals surface area contributed by atoms with Crippen LogP contribution < -0.4 is 16.0 Å². The number of anilines is 1. The number of fused-ring (bicyclic) bond motifs is 1. The monoisotopic (exact) mass is 329 g/mol. The predicted molar refractivity (Wildman–Crippen MR) is 102 cm³/mol. The summed E-state index contributed by atoms with van der Waals surface area (Å²) < 4.78 is 0. The van der Waals surface area contributed by atoms with Crippen molar-refractivity contribution in [3.63, 3.8) is 0 Å². The quantitative estimate of drug-likeness (QED) is 0.640. The summed E-state index contributed by atoms with van der Waals surface area (Å²) in [7, 11) is 2.17. The Morgan fingerprint density at radius 3 is 3.04 bits per heavy atom. The number of hydrogen-bond acceptors (Lipinski definition) is 3. The fourth-order valence-corrected chi connectivity index (χ4v) is 3.93. The molecule has 0 saturated carbocycles. The number of likely N-dealkylation sites (tertiary alicyclic amines) is 1. The SMILES string of the molecule is CCN1CCCC1CNC(N)=NCc1ccc2c(c1)CCCN2C. The van der Waals surface area contributed by atoms with E-state index in [-0.39, 0.29) is 0 Å². The smallest absolute Gasteiger partial charge is 0.188 e. The molecule has 1 atom stereocenters. The van der Waals surface area contributed by atoms with Crippen LogP contribution in [0.1, 0.15) is 37.3 Å². The van der Waals surface area contributed by atoms with Crippen LogP contribution >= 0.6 is 0 Å². The zero-order valence-corrected chi connectivity index (χ0v) is 15.1. The summed E-state index contributed by atoms with van der Waals surface area (Å²) in [5.41, 5.74) is 10.1. The molecule has 5 nitrogen and oxygen atoms in total. The van der Waals surface area contributed by atoms with E-state index in [2.05, 4.69) is 52.3 Å². The minimum absolute atomic E-state index is 0.563. The van der Waals surface area contributed by atoms with Crippen LogP contribution in [0.5, 0.6) is 0 Å². The molecule has 3 rings (SSSR count). The minimum Gasteiger partial charge on any atom is -0.374 e. The molecule has 1 fully saturated rings. The number of likely N-dealkylation sites (N-methyl/N-ethyl adjacent to an activating group) is 1. The van der Waals surface area contributed by atoms with Crippen molar-refractivity contribution in [1.29, 1.82) is 0 Å². The van der Waals surface area contributed by atoms with Gasteiger partial charge in [0, 0.05) is 31.9 Å². The van der Waals surface area contributed by atoms with Gasteiger partial charge in [0.1, 0.15) is 0 Å². The van der Waals surface area contributed by atoms with E-state index in [1.165, 1.54) is 49.0 Å². The van der Waals surface area contributed by atoms with Gasteiger partial charge < -0.3 is 16.0 Å². The van der Waals surface area contributed by atoms with Crippen LogP contribution in [0.15, 0.2) is 23.2 Å². The van der Waals surface area contributed by atoms with Crippen LogP contribution in [0.4, 0.5) is 5.69 Å². The maximum absolute atomic E-state index is 6.06. The highest BCUT2D eigenvalue weighted by Gasteiger charge is 2.22. The zero-order chi connectivity index (χ0) is 16.9. The summed E-state index contributed by atoms with van der Waals surface area (Å²) in [6.07, 6.45) is 4.95. The van der Waals surface area contributed by atoms with Gasteiger partial charge >= 0.3 is 0 Å². The van der Waals surface area contributed by atoms with Crippen molar-refractivity contribution in [2.45, 2.75) is 45.2 Å². The molecule has 0 amide bonds. The van der Waals surface area contributed by atoms with Crippen LogP contribution in [0.25, 0.3) is 0 Å². The van der Waals surface area contributed by atoms with E-state index in [1.54, 1.807) is 0 Å². The summed E-state index contributed by atoms with van der Waals surface area (Å²) >= 11 is 0. The topological polar surface area (TPSA) is 56.9 Å². The molecule has 3 N–H and O–H groups in total. The maximum atomic E-state index is 6.06. The van der Waals surface area contributed by atoms with Gasteiger partial charge in [-0.1, -0.05) is 19.1 Å². The summed E-state index contributed by atoms with van der Waals surface area (Å²) in [5.74, 6) is 0.563. The number of benzene rings is 1. The van der Waals surface area contributed by atoms with Crippen LogP contribution in [-0.4, -0.2) is 50.1 Å². The molecule has 0 aromatic heterocycles. The molecule has 132 valence electrons. The van der Waals surface area contributed by atoms with Crippen LogP contribution in [0, 0.1) is 0 Å². The lowest BCUT2D eigenvalue weighted by Crippen LogP contribution is -2.42. The summed E-state index contributed by atoms with van der Waals surface area (Å²) in [6, 6.07) is 7.29. The molecule has 1 aromatic rings. The number of nitrogens with zero attached hydrogens (tertiary/aromatic N) is 3. The van der Waals surface area contributed by atoms with E-state index < -0.39 is 0 Å². The molecule has 0 spiro atoms. The molecule has 1 unspecified atom stereocenters. The first-order chi connectivity index (χ1) is 11.7. The molecule has 0 aliphatic carbocycles. The molecule has 2 aliphatic heterocycles. The van der Waals surface area contributed by atoms with Crippen molar-refractivity contribution in [2.75, 3.05) is 38.1 Å². The normalized spacial score (nSPS) is 21.8. The Hall–Kier alpha value is -1.75. The van der Waals surface area contributed by atoms with Crippen molar-refractivity contribution < 1.29 is 0 Å². The Morgan fingerprint density at radius 1 is 1.33 bits per heavy atom. The summed E-state index contributed by atoms with van der Waals surface area (Å²) in [4.78, 5) is 9.38. The lowest BCUT2D eigenvalue weighted by atomic mass is 10.00. The van der Waals surface area contributed by atoms with Crippen molar-refractivity contribution in [3.05, 3.63) is 29.3 Å². The Morgan fingerprint density at radius 2 is 2.21 bits per heavy atom. The van der Waals surface area contributed by atoms with E-state index >= 15 is 0 Å². The molecular weight excluding hydrogens is 298 g/mol. The molecule has 1 saturated heterocycles. The number of aryl methyl sites for hydroxylation is 1. The lowest BCUT2D eigenvalue weighted by Gasteiger charge is -2.27. The van der Waals surface area contributed by atoms with Crippen molar-refractivity contribution in [2.24, 2.45) is 10.7 Å². The van der Waals surface area contributed by atoms with Gasteiger partial charge in [0.05, 0.1) is 6.54 Å². The third-order valence-electron chi connectivity index (χ3n) is 5.35. The van der Waals surface area contributed by atoms with Gasteiger partial charge in [0.2, 0.25) is 0 Å². The number of rotatable bonds is 5. The number of hydrogen-bond donors (Lipinski definition) is 2. The minimum atomic E-state index is 0.563. The van der Waals surface area contributed by atoms with Crippen molar-refractivity contribution in [3.8, 4) is 0 Å². The Bertz CT molecular complexity index is 583. The second-order valence-electron chi connectivity index (χ2n) is 7.00. The summed E-state index contributed by atoms with van der Waals surface area (Å²) in [5, 5.41) is 3.31. The van der Waals surface area contributed by atoms with Gasteiger partial charge in [-0.3, -0.25) is 4.90 Å². The van der Waals surface area contributed by atoms with Gasteiger partial charge in [-0.25, -0.2) is 4.99 Å². The van der Waals surface area contributed by atoms with Gasteiger partial charge in [0.25, 0.3) is 0 Å². The van der Waals surface area contributed by atoms with Gasteiger partial charge in [-0.2, -0.15) is 0 Å². The molecular formula is C19H31N5. The second-order valence-corrected chi connectivity index (χ2v) is 7.00. The highest BCUT2D eigenvalue weighted by molar-refractivity contribution is 5.77. The zero-order valence-electron chi connectivity index (χ0n) is 15.1. The molecule has 2 aliphatic rings. The fourth-order valence-electron chi connectivity index (χ4n) is 3.93. The van der Waals surface area contributed by atoms with Crippen LogP contribution in [-0.2, 0) is 13.0 Å². The first-order valence-electron chi connectivity index (χ1n) is 9.28. The van der Waals surface area contributed by atoms with Crippen LogP contribution in [0.3, 0.4) is 0 Å². The van der Waals surface area contributed by atoms with Crippen molar-refractivity contribution in [1.82, 2.24) is 10.2 Å². The number of nitrogens with one attached hydrogen (secondary N) is 1.